The first-order chi connectivity index (χ1) is 16.4. The number of ether oxygens (including phenoxy) is 2. The molecule has 2 heterocycles. The van der Waals surface area contributed by atoms with Gasteiger partial charge in [-0.25, -0.2) is 9.78 Å². The third-order valence-electron chi connectivity index (χ3n) is 5.23. The molecule has 0 saturated carbocycles. The van der Waals surface area contributed by atoms with Crippen molar-refractivity contribution >= 4 is 33.3 Å². The zero-order chi connectivity index (χ0) is 24.2. The van der Waals surface area contributed by atoms with E-state index in [1.807, 2.05) is 13.0 Å². The van der Waals surface area contributed by atoms with Crippen molar-refractivity contribution in [2.75, 3.05) is 12.4 Å². The molecular formula is C24H20F2N2O5S. The Kier molecular flexibility index (Phi) is 6.87. The summed E-state index contributed by atoms with van der Waals surface area (Å²) in [6, 6.07) is 11.5. The maximum atomic E-state index is 12.7. The number of hydrogen-bond acceptors (Lipinski definition) is 7. The summed E-state index contributed by atoms with van der Waals surface area (Å²) in [6.45, 7) is -1.15. The summed E-state index contributed by atoms with van der Waals surface area (Å²) in [5, 5.41) is 5.40. The highest BCUT2D eigenvalue weighted by molar-refractivity contribution is 7.14. The second kappa shape index (κ2) is 10.0. The molecule has 0 fully saturated rings. The van der Waals surface area contributed by atoms with E-state index in [0.717, 1.165) is 22.3 Å². The van der Waals surface area contributed by atoms with E-state index < -0.39 is 12.2 Å². The van der Waals surface area contributed by atoms with Gasteiger partial charge in [0.05, 0.1) is 12.8 Å². The topological polar surface area (TPSA) is 90.7 Å². The molecule has 0 radical (unpaired) electrons. The predicted molar refractivity (Wildman–Crippen MR) is 125 cm³/mol. The summed E-state index contributed by atoms with van der Waals surface area (Å²) in [5.74, 6) is 0.233. The highest BCUT2D eigenvalue weighted by atomic mass is 32.1. The lowest BCUT2D eigenvalue weighted by molar-refractivity contribution is -0.116. The van der Waals surface area contributed by atoms with Gasteiger partial charge < -0.3 is 19.2 Å². The van der Waals surface area contributed by atoms with E-state index >= 15 is 0 Å². The zero-order valence-corrected chi connectivity index (χ0v) is 19.1. The van der Waals surface area contributed by atoms with Gasteiger partial charge in [-0.2, -0.15) is 8.78 Å². The molecule has 2 aromatic heterocycles. The molecule has 2 aromatic carbocycles. The monoisotopic (exact) mass is 486 g/mol. The van der Waals surface area contributed by atoms with Crippen molar-refractivity contribution in [1.82, 2.24) is 4.98 Å². The number of halogens is 2. The molecule has 0 aliphatic carbocycles. The van der Waals surface area contributed by atoms with Crippen LogP contribution in [0.2, 0.25) is 0 Å². The minimum absolute atomic E-state index is 0.00296. The fourth-order valence-electron chi connectivity index (χ4n) is 3.54. The van der Waals surface area contributed by atoms with Crippen LogP contribution in [0.4, 0.5) is 13.9 Å². The number of benzene rings is 2. The summed E-state index contributed by atoms with van der Waals surface area (Å²) >= 11 is 1.16. The first kappa shape index (κ1) is 23.4. The van der Waals surface area contributed by atoms with E-state index in [0.29, 0.717) is 33.3 Å². The molecule has 7 nitrogen and oxygen atoms in total. The lowest BCUT2D eigenvalue weighted by Gasteiger charge is -2.09. The van der Waals surface area contributed by atoms with E-state index in [9.17, 15) is 18.4 Å². The molecule has 1 N–H and O–H groups in total. The van der Waals surface area contributed by atoms with Crippen LogP contribution in [0.3, 0.4) is 0 Å². The number of carbonyl (C=O) groups excluding carboxylic acids is 1. The number of nitrogens with zero attached hydrogens (tertiary/aromatic N) is 1. The van der Waals surface area contributed by atoms with Gasteiger partial charge in [0, 0.05) is 34.4 Å². The second-order valence-electron chi connectivity index (χ2n) is 7.32. The minimum atomic E-state index is -2.96. The predicted octanol–water partition coefficient (Wildman–Crippen LogP) is 5.41. The molecule has 0 saturated heterocycles. The molecule has 0 spiro atoms. The molecule has 0 aliphatic heterocycles. The summed E-state index contributed by atoms with van der Waals surface area (Å²) in [5.41, 5.74) is 1.87. The van der Waals surface area contributed by atoms with Gasteiger partial charge in [-0.1, -0.05) is 12.1 Å². The minimum Gasteiger partial charge on any atom is -0.497 e. The van der Waals surface area contributed by atoms with Crippen LogP contribution in [0, 0.1) is 6.92 Å². The molecule has 1 amide bonds. The number of para-hydroxylation sites is 1. The van der Waals surface area contributed by atoms with Gasteiger partial charge in [0.1, 0.15) is 17.1 Å². The van der Waals surface area contributed by atoms with Crippen LogP contribution >= 0.6 is 11.3 Å². The maximum absolute atomic E-state index is 12.7. The van der Waals surface area contributed by atoms with Crippen LogP contribution in [-0.2, 0) is 11.2 Å². The van der Waals surface area contributed by atoms with Crippen LogP contribution in [0.1, 0.15) is 17.5 Å². The Morgan fingerprint density at radius 3 is 2.79 bits per heavy atom. The van der Waals surface area contributed by atoms with Crippen LogP contribution in [-0.4, -0.2) is 24.6 Å². The number of nitrogens with one attached hydrogen (secondary N) is 1. The third kappa shape index (κ3) is 5.07. The Balaban J connectivity index is 1.45. The Bertz CT molecular complexity index is 1400. The number of aryl methyl sites for hydroxylation is 1. The maximum Gasteiger partial charge on any atom is 0.387 e. The molecule has 4 rings (SSSR count). The Labute approximate surface area is 197 Å². The largest absolute Gasteiger partial charge is 0.497 e. The van der Waals surface area contributed by atoms with Crippen molar-refractivity contribution in [3.05, 3.63) is 69.4 Å². The molecule has 0 bridgehead atoms. The van der Waals surface area contributed by atoms with Crippen molar-refractivity contribution < 1.29 is 27.5 Å². The number of alkyl halides is 2. The lowest BCUT2D eigenvalue weighted by Crippen LogP contribution is -2.16. The van der Waals surface area contributed by atoms with Gasteiger partial charge in [-0.3, -0.25) is 4.79 Å². The third-order valence-corrected chi connectivity index (χ3v) is 5.98. The van der Waals surface area contributed by atoms with E-state index in [4.69, 9.17) is 9.15 Å². The van der Waals surface area contributed by atoms with Crippen molar-refractivity contribution in [3.63, 3.8) is 0 Å². The number of hydrogen-bond donors (Lipinski definition) is 1. The molecule has 176 valence electrons. The quantitative estimate of drug-likeness (QED) is 0.335. The molecule has 34 heavy (non-hydrogen) atoms. The van der Waals surface area contributed by atoms with E-state index in [-0.39, 0.29) is 24.5 Å². The van der Waals surface area contributed by atoms with Crippen LogP contribution in [0.25, 0.3) is 22.2 Å². The van der Waals surface area contributed by atoms with Crippen LogP contribution in [0.15, 0.2) is 57.1 Å². The number of amides is 1. The van der Waals surface area contributed by atoms with Crippen LogP contribution in [0.5, 0.6) is 11.5 Å². The molecule has 4 aromatic rings. The normalized spacial score (nSPS) is 11.1. The van der Waals surface area contributed by atoms with Crippen molar-refractivity contribution in [3.8, 4) is 22.8 Å². The first-order valence-electron chi connectivity index (χ1n) is 10.3. The van der Waals surface area contributed by atoms with Gasteiger partial charge in [0.15, 0.2) is 5.13 Å². The highest BCUT2D eigenvalue weighted by Gasteiger charge is 2.16. The molecule has 0 atom stereocenters. The highest BCUT2D eigenvalue weighted by Crippen LogP contribution is 2.33. The van der Waals surface area contributed by atoms with Crippen molar-refractivity contribution in [1.29, 1.82) is 0 Å². The lowest BCUT2D eigenvalue weighted by atomic mass is 10.0. The summed E-state index contributed by atoms with van der Waals surface area (Å²) < 4.78 is 40.4. The van der Waals surface area contributed by atoms with Crippen molar-refractivity contribution in [2.45, 2.75) is 26.4 Å². The Morgan fingerprint density at radius 1 is 1.24 bits per heavy atom. The molecular weight excluding hydrogens is 466 g/mol. The number of rotatable bonds is 8. The number of thiazole rings is 1. The van der Waals surface area contributed by atoms with Gasteiger partial charge in [-0.15, -0.1) is 11.3 Å². The van der Waals surface area contributed by atoms with Gasteiger partial charge in [-0.05, 0) is 43.2 Å². The van der Waals surface area contributed by atoms with Gasteiger partial charge >= 0.3 is 12.2 Å². The molecule has 10 heteroatoms. The first-order valence-corrected chi connectivity index (χ1v) is 11.1. The molecule has 0 unspecified atom stereocenters. The van der Waals surface area contributed by atoms with Gasteiger partial charge in [0.2, 0.25) is 5.91 Å². The summed E-state index contributed by atoms with van der Waals surface area (Å²) in [6.07, 6.45) is 0.221. The van der Waals surface area contributed by atoms with Crippen LogP contribution < -0.4 is 20.4 Å². The van der Waals surface area contributed by atoms with E-state index in [1.165, 1.54) is 13.2 Å². The summed E-state index contributed by atoms with van der Waals surface area (Å²) in [4.78, 5) is 29.3. The fraction of sp³-hybridized carbons (Fsp3) is 0.208. The smallest absolute Gasteiger partial charge is 0.387 e. The number of aromatic nitrogens is 1. The average Bonchev–Trinajstić information content (AvgIpc) is 3.26. The fourth-order valence-corrected chi connectivity index (χ4v) is 4.27. The van der Waals surface area contributed by atoms with E-state index in [2.05, 4.69) is 15.0 Å². The number of fused-ring (bicyclic) bond motifs is 1. The SMILES string of the molecule is COc1ccc2c(C)c(CCC(=O)Nc3nc(-c4ccccc4OC(F)F)cs3)c(=O)oc2c1. The second-order valence-corrected chi connectivity index (χ2v) is 8.17. The number of carbonyl (C=O) groups is 1. The molecule has 0 aliphatic rings. The number of methoxy groups -OCH3 is 1. The van der Waals surface area contributed by atoms with Gasteiger partial charge in [0.25, 0.3) is 0 Å². The standard InChI is InChI=1S/C24H20F2N2O5S/c1-13-15-8-7-14(31-2)11-20(15)32-22(30)16(13)9-10-21(29)28-24-27-18(12-34-24)17-5-3-4-6-19(17)33-23(25)26/h3-8,11-12,23H,9-10H2,1-2H3,(H,27,28,29). The zero-order valence-electron chi connectivity index (χ0n) is 18.3. The Morgan fingerprint density at radius 2 is 2.03 bits per heavy atom. The number of anilines is 1. The van der Waals surface area contributed by atoms with E-state index in [1.54, 1.807) is 35.7 Å². The summed E-state index contributed by atoms with van der Waals surface area (Å²) in [7, 11) is 1.53. The Hall–Kier alpha value is -3.79. The average molecular weight is 486 g/mol. The van der Waals surface area contributed by atoms with Crippen molar-refractivity contribution in [2.24, 2.45) is 0 Å².